The Bertz CT molecular complexity index is 599. The van der Waals surface area contributed by atoms with Gasteiger partial charge in [-0.2, -0.15) is 0 Å². The molecule has 1 heterocycles. The fourth-order valence-corrected chi connectivity index (χ4v) is 1.70. The molecule has 0 bridgehead atoms. The van der Waals surface area contributed by atoms with Gasteiger partial charge in [-0.05, 0) is 36.2 Å². The van der Waals surface area contributed by atoms with Crippen molar-refractivity contribution in [2.75, 3.05) is 6.54 Å². The molecule has 0 unspecified atom stereocenters. The Hall–Kier alpha value is -2.08. The maximum atomic E-state index is 13.0. The molecule has 1 N–H and O–H groups in total. The van der Waals surface area contributed by atoms with Gasteiger partial charge in [-0.25, -0.2) is 8.78 Å². The molecular weight excluding hydrogens is 288 g/mol. The van der Waals surface area contributed by atoms with E-state index in [2.05, 4.69) is 15.5 Å². The van der Waals surface area contributed by atoms with Gasteiger partial charge in [-0.3, -0.25) is 4.79 Å². The lowest BCUT2D eigenvalue weighted by Gasteiger charge is -2.05. The number of hydrogen-bond acceptors (Lipinski definition) is 3. The van der Waals surface area contributed by atoms with Crippen molar-refractivity contribution in [2.24, 2.45) is 0 Å². The Morgan fingerprint density at radius 1 is 1.15 bits per heavy atom. The normalized spacial score (nSPS) is 10.3. The lowest BCUT2D eigenvalue weighted by Crippen LogP contribution is -2.26. The van der Waals surface area contributed by atoms with Gasteiger partial charge in [0.1, 0.15) is 11.6 Å². The van der Waals surface area contributed by atoms with Crippen LogP contribution in [-0.2, 0) is 6.42 Å². The number of nitrogens with zero attached hydrogens (tertiary/aromatic N) is 2. The number of benzene rings is 1. The highest BCUT2D eigenvalue weighted by molar-refractivity contribution is 6.29. The Morgan fingerprint density at radius 3 is 2.45 bits per heavy atom. The SMILES string of the molecule is O=C(NCCc1cc(F)cc(F)c1)c1ccc(Cl)nn1. The smallest absolute Gasteiger partial charge is 0.271 e. The molecule has 0 saturated heterocycles. The van der Waals surface area contributed by atoms with Gasteiger partial charge in [0.25, 0.3) is 5.91 Å². The van der Waals surface area contributed by atoms with Crippen LogP contribution >= 0.6 is 11.6 Å². The van der Waals surface area contributed by atoms with E-state index in [1.807, 2.05) is 0 Å². The fraction of sp³-hybridized carbons (Fsp3) is 0.154. The summed E-state index contributed by atoms with van der Waals surface area (Å²) in [5.41, 5.74) is 0.588. The van der Waals surface area contributed by atoms with E-state index in [-0.39, 0.29) is 17.4 Å². The van der Waals surface area contributed by atoms with Gasteiger partial charge in [-0.1, -0.05) is 11.6 Å². The van der Waals surface area contributed by atoms with Crippen molar-refractivity contribution < 1.29 is 13.6 Å². The minimum absolute atomic E-state index is 0.125. The Balaban J connectivity index is 1.89. The first-order chi connectivity index (χ1) is 9.54. The standard InChI is InChI=1S/C13H10ClF2N3O/c14-12-2-1-11(18-19-12)13(20)17-4-3-8-5-9(15)7-10(16)6-8/h1-2,5-7H,3-4H2,(H,17,20). The van der Waals surface area contributed by atoms with Gasteiger partial charge in [0.2, 0.25) is 0 Å². The quantitative estimate of drug-likeness (QED) is 0.942. The van der Waals surface area contributed by atoms with Crippen molar-refractivity contribution in [2.45, 2.75) is 6.42 Å². The summed E-state index contributed by atoms with van der Waals surface area (Å²) in [6, 6.07) is 6.12. The van der Waals surface area contributed by atoms with Gasteiger partial charge < -0.3 is 5.32 Å². The highest BCUT2D eigenvalue weighted by Crippen LogP contribution is 2.08. The fourth-order valence-electron chi connectivity index (χ4n) is 1.60. The van der Waals surface area contributed by atoms with Gasteiger partial charge in [0.15, 0.2) is 10.8 Å². The zero-order valence-corrected chi connectivity index (χ0v) is 11.0. The molecule has 0 radical (unpaired) electrons. The second kappa shape index (κ2) is 6.38. The maximum Gasteiger partial charge on any atom is 0.271 e. The monoisotopic (exact) mass is 297 g/mol. The van der Waals surface area contributed by atoms with Crippen LogP contribution in [-0.4, -0.2) is 22.6 Å². The molecule has 7 heteroatoms. The number of amides is 1. The van der Waals surface area contributed by atoms with Crippen LogP contribution < -0.4 is 5.32 Å². The van der Waals surface area contributed by atoms with Crippen molar-refractivity contribution in [3.63, 3.8) is 0 Å². The molecule has 1 aromatic carbocycles. The molecule has 1 aromatic heterocycles. The van der Waals surface area contributed by atoms with Gasteiger partial charge in [-0.15, -0.1) is 10.2 Å². The number of halogens is 3. The van der Waals surface area contributed by atoms with Crippen LogP contribution in [0.15, 0.2) is 30.3 Å². The third-order valence-corrected chi connectivity index (χ3v) is 2.69. The highest BCUT2D eigenvalue weighted by atomic mass is 35.5. The van der Waals surface area contributed by atoms with Gasteiger partial charge in [0.05, 0.1) is 0 Å². The Kier molecular flexibility index (Phi) is 4.57. The number of aromatic nitrogens is 2. The minimum atomic E-state index is -0.644. The number of carbonyl (C=O) groups excluding carboxylic acids is 1. The zero-order chi connectivity index (χ0) is 14.5. The van der Waals surface area contributed by atoms with Gasteiger partial charge >= 0.3 is 0 Å². The van der Waals surface area contributed by atoms with Gasteiger partial charge in [0, 0.05) is 12.6 Å². The summed E-state index contributed by atoms with van der Waals surface area (Å²) in [5, 5.41) is 9.93. The van der Waals surface area contributed by atoms with Crippen molar-refractivity contribution >= 4 is 17.5 Å². The summed E-state index contributed by atoms with van der Waals surface area (Å²) in [6.07, 6.45) is 0.307. The van der Waals surface area contributed by atoms with E-state index in [0.29, 0.717) is 12.0 Å². The molecular formula is C13H10ClF2N3O. The molecule has 4 nitrogen and oxygen atoms in total. The first-order valence-electron chi connectivity index (χ1n) is 5.77. The van der Waals surface area contributed by atoms with E-state index in [1.54, 1.807) is 0 Å². The predicted molar refractivity (Wildman–Crippen MR) is 69.4 cm³/mol. The molecule has 0 atom stereocenters. The number of rotatable bonds is 4. The zero-order valence-electron chi connectivity index (χ0n) is 10.2. The van der Waals surface area contributed by atoms with Crippen molar-refractivity contribution in [1.82, 2.24) is 15.5 Å². The van der Waals surface area contributed by atoms with Crippen molar-refractivity contribution in [3.8, 4) is 0 Å². The third kappa shape index (κ3) is 3.96. The molecule has 0 aliphatic carbocycles. The van der Waals surface area contributed by atoms with Crippen LogP contribution in [0.4, 0.5) is 8.78 Å². The average Bonchev–Trinajstić information content (AvgIpc) is 2.38. The summed E-state index contributed by atoms with van der Waals surface area (Å²) in [6.45, 7) is 0.228. The van der Waals surface area contributed by atoms with Crippen molar-refractivity contribution in [1.29, 1.82) is 0 Å². The molecule has 2 rings (SSSR count). The first kappa shape index (κ1) is 14.3. The maximum absolute atomic E-state index is 13.0. The number of carbonyl (C=O) groups is 1. The molecule has 0 aliphatic heterocycles. The van der Waals surface area contributed by atoms with E-state index in [9.17, 15) is 13.6 Å². The van der Waals surface area contributed by atoms with E-state index >= 15 is 0 Å². The predicted octanol–water partition coefficient (Wildman–Crippen LogP) is 2.38. The van der Waals surface area contributed by atoms with E-state index in [4.69, 9.17) is 11.6 Å². The van der Waals surface area contributed by atoms with Crippen LogP contribution in [0.2, 0.25) is 5.15 Å². The topological polar surface area (TPSA) is 54.9 Å². The van der Waals surface area contributed by atoms with E-state index in [0.717, 1.165) is 6.07 Å². The van der Waals surface area contributed by atoms with Crippen LogP contribution in [0.3, 0.4) is 0 Å². The Labute approximate surface area is 118 Å². The largest absolute Gasteiger partial charge is 0.350 e. The minimum Gasteiger partial charge on any atom is -0.350 e. The second-order valence-corrected chi connectivity index (χ2v) is 4.41. The van der Waals surface area contributed by atoms with Crippen LogP contribution in [0.25, 0.3) is 0 Å². The number of hydrogen-bond donors (Lipinski definition) is 1. The summed E-state index contributed by atoms with van der Waals surface area (Å²) in [7, 11) is 0. The highest BCUT2D eigenvalue weighted by Gasteiger charge is 2.07. The summed E-state index contributed by atoms with van der Waals surface area (Å²) in [5.74, 6) is -1.71. The molecule has 0 spiro atoms. The molecule has 2 aromatic rings. The Morgan fingerprint density at radius 2 is 1.85 bits per heavy atom. The molecule has 0 aliphatic rings. The second-order valence-electron chi connectivity index (χ2n) is 4.02. The lowest BCUT2D eigenvalue weighted by molar-refractivity contribution is 0.0948. The molecule has 20 heavy (non-hydrogen) atoms. The van der Waals surface area contributed by atoms with Crippen LogP contribution in [0.1, 0.15) is 16.1 Å². The van der Waals surface area contributed by atoms with Crippen molar-refractivity contribution in [3.05, 3.63) is 58.4 Å². The van der Waals surface area contributed by atoms with E-state index in [1.165, 1.54) is 24.3 Å². The van der Waals surface area contributed by atoms with Crippen LogP contribution in [0.5, 0.6) is 0 Å². The number of nitrogens with one attached hydrogen (secondary N) is 1. The molecule has 0 fully saturated rings. The third-order valence-electron chi connectivity index (χ3n) is 2.49. The lowest BCUT2D eigenvalue weighted by atomic mass is 10.1. The first-order valence-corrected chi connectivity index (χ1v) is 6.15. The summed E-state index contributed by atoms with van der Waals surface area (Å²) in [4.78, 5) is 11.7. The summed E-state index contributed by atoms with van der Waals surface area (Å²) >= 11 is 5.55. The van der Waals surface area contributed by atoms with Crippen LogP contribution in [0, 0.1) is 11.6 Å². The molecule has 0 saturated carbocycles. The molecule has 104 valence electrons. The average molecular weight is 298 g/mol. The van der Waals surface area contributed by atoms with E-state index < -0.39 is 17.5 Å². The molecule has 1 amide bonds. The summed E-state index contributed by atoms with van der Waals surface area (Å²) < 4.78 is 25.9.